The number of aryl methyl sites for hydroxylation is 1. The number of halogens is 2. The highest BCUT2D eigenvalue weighted by Crippen LogP contribution is 2.56. The van der Waals surface area contributed by atoms with E-state index in [-0.39, 0.29) is 5.78 Å². The van der Waals surface area contributed by atoms with E-state index < -0.39 is 53.5 Å². The number of amides is 1. The Morgan fingerprint density at radius 2 is 1.51 bits per heavy atom. The molecule has 1 amide bonds. The lowest BCUT2D eigenvalue weighted by Crippen LogP contribution is -2.55. The summed E-state index contributed by atoms with van der Waals surface area (Å²) in [5.74, 6) is -5.55. The molecule has 1 aliphatic heterocycles. The molecule has 3 aromatic rings. The van der Waals surface area contributed by atoms with Crippen LogP contribution in [-0.4, -0.2) is 46.9 Å². The molecule has 4 rings (SSSR count). The summed E-state index contributed by atoms with van der Waals surface area (Å²) >= 11 is 0. The Morgan fingerprint density at radius 3 is 2.03 bits per heavy atom. The Hall–Kier alpha value is -3.91. The van der Waals surface area contributed by atoms with Gasteiger partial charge in [-0.15, -0.1) is 0 Å². The number of aliphatic carboxylic acids is 1. The second-order valence-electron chi connectivity index (χ2n) is 9.43. The molecule has 0 spiro atoms. The van der Waals surface area contributed by atoms with Crippen molar-refractivity contribution in [1.29, 1.82) is 0 Å². The molecule has 1 N–H and O–H groups in total. The average molecular weight is 508 g/mol. The van der Waals surface area contributed by atoms with Gasteiger partial charge in [0.2, 0.25) is 5.91 Å². The van der Waals surface area contributed by atoms with Gasteiger partial charge in [0.1, 0.15) is 23.8 Å². The molecule has 4 atom stereocenters. The van der Waals surface area contributed by atoms with Crippen molar-refractivity contribution in [3.05, 3.63) is 107 Å². The number of ether oxygens (including phenoxy) is 1. The number of nitrogens with zero attached hydrogens (tertiary/aromatic N) is 1. The Labute approximate surface area is 213 Å². The maximum Gasteiger partial charge on any atom is 0.330 e. The Balaban J connectivity index is 2.04. The van der Waals surface area contributed by atoms with Crippen molar-refractivity contribution in [3.8, 4) is 0 Å². The fourth-order valence-corrected chi connectivity index (χ4v) is 5.48. The fourth-order valence-electron chi connectivity index (χ4n) is 5.48. The third kappa shape index (κ3) is 4.64. The monoisotopic (exact) mass is 507 g/mol. The number of ketones is 1. The van der Waals surface area contributed by atoms with E-state index in [4.69, 9.17) is 4.74 Å². The smallest absolute Gasteiger partial charge is 0.330 e. The number of hydrogen-bond acceptors (Lipinski definition) is 4. The van der Waals surface area contributed by atoms with E-state index >= 15 is 0 Å². The van der Waals surface area contributed by atoms with Gasteiger partial charge in [-0.3, -0.25) is 9.59 Å². The summed E-state index contributed by atoms with van der Waals surface area (Å²) in [6.45, 7) is 2.79. The number of carboxylic acid groups (broad SMARTS) is 1. The topological polar surface area (TPSA) is 83.9 Å². The summed E-state index contributed by atoms with van der Waals surface area (Å²) in [5.41, 5.74) is 0.0364. The number of hydrogen-bond donors (Lipinski definition) is 1. The molecule has 4 unspecified atom stereocenters. The summed E-state index contributed by atoms with van der Waals surface area (Å²) < 4.78 is 32.8. The van der Waals surface area contributed by atoms with Crippen molar-refractivity contribution in [2.75, 3.05) is 13.7 Å². The van der Waals surface area contributed by atoms with Gasteiger partial charge in [0.05, 0.1) is 12.0 Å². The van der Waals surface area contributed by atoms with Crippen molar-refractivity contribution in [2.24, 2.45) is 5.92 Å². The van der Waals surface area contributed by atoms with Gasteiger partial charge in [0.15, 0.2) is 5.78 Å². The second kappa shape index (κ2) is 10.2. The van der Waals surface area contributed by atoms with Crippen LogP contribution in [0.15, 0.2) is 72.8 Å². The van der Waals surface area contributed by atoms with Crippen LogP contribution in [0.25, 0.3) is 0 Å². The normalized spacial score (nSPS) is 23.2. The zero-order valence-electron chi connectivity index (χ0n) is 20.7. The first-order chi connectivity index (χ1) is 17.6. The van der Waals surface area contributed by atoms with Gasteiger partial charge >= 0.3 is 5.97 Å². The standard InChI is InChI=1S/C29H27F2NO5/c1-17-5-4-6-20(15-17)27(34)24-25(18-7-11-21(30)12-8-18)29(2,28(35)36)32(23(33)16-37-3)26(24)19-9-13-22(31)14-10-19/h4-15,24-26H,16H2,1-3H3,(H,35,36). The third-order valence-electron chi connectivity index (χ3n) is 7.10. The number of carbonyl (C=O) groups is 3. The molecule has 0 saturated carbocycles. The van der Waals surface area contributed by atoms with E-state index in [0.717, 1.165) is 5.56 Å². The first kappa shape index (κ1) is 26.2. The van der Waals surface area contributed by atoms with E-state index in [1.54, 1.807) is 18.2 Å². The summed E-state index contributed by atoms with van der Waals surface area (Å²) in [6, 6.07) is 16.4. The molecule has 1 fully saturated rings. The number of carboxylic acids is 1. The van der Waals surface area contributed by atoms with Gasteiger partial charge in [-0.1, -0.05) is 48.0 Å². The van der Waals surface area contributed by atoms with E-state index in [1.807, 2.05) is 13.0 Å². The zero-order valence-corrected chi connectivity index (χ0v) is 20.7. The summed E-state index contributed by atoms with van der Waals surface area (Å²) in [6.07, 6.45) is 0. The predicted molar refractivity (Wildman–Crippen MR) is 132 cm³/mol. The first-order valence-electron chi connectivity index (χ1n) is 11.8. The quantitative estimate of drug-likeness (QED) is 0.459. The number of Topliss-reactive ketones (excluding diaryl/α,β-unsaturated/α-hetero) is 1. The molecule has 1 aliphatic rings. The first-order valence-corrected chi connectivity index (χ1v) is 11.8. The van der Waals surface area contributed by atoms with Crippen LogP contribution in [0.5, 0.6) is 0 Å². The van der Waals surface area contributed by atoms with Crippen molar-refractivity contribution in [1.82, 2.24) is 4.90 Å². The van der Waals surface area contributed by atoms with E-state index in [1.165, 1.54) is 67.5 Å². The molecule has 37 heavy (non-hydrogen) atoms. The molecule has 1 saturated heterocycles. The summed E-state index contributed by atoms with van der Waals surface area (Å²) in [5, 5.41) is 10.6. The molecule has 0 aliphatic carbocycles. The van der Waals surface area contributed by atoms with Crippen molar-refractivity contribution in [2.45, 2.75) is 31.3 Å². The average Bonchev–Trinajstić information content (AvgIpc) is 3.15. The van der Waals surface area contributed by atoms with Crippen LogP contribution in [0.2, 0.25) is 0 Å². The Morgan fingerprint density at radius 1 is 0.946 bits per heavy atom. The minimum Gasteiger partial charge on any atom is -0.479 e. The van der Waals surface area contributed by atoms with Crippen LogP contribution < -0.4 is 0 Å². The molecule has 0 aromatic heterocycles. The number of rotatable bonds is 7. The lowest BCUT2D eigenvalue weighted by atomic mass is 9.71. The lowest BCUT2D eigenvalue weighted by Gasteiger charge is -2.37. The molecule has 6 nitrogen and oxygen atoms in total. The largest absolute Gasteiger partial charge is 0.479 e. The van der Waals surface area contributed by atoms with Crippen LogP contribution in [0.1, 0.15) is 45.9 Å². The number of benzene rings is 3. The molecule has 0 bridgehead atoms. The predicted octanol–water partition coefficient (Wildman–Crippen LogP) is 4.93. The molecule has 192 valence electrons. The van der Waals surface area contributed by atoms with E-state index in [2.05, 4.69) is 0 Å². The molecular weight excluding hydrogens is 480 g/mol. The maximum absolute atomic E-state index is 14.2. The van der Waals surface area contributed by atoms with Gasteiger partial charge in [-0.25, -0.2) is 13.6 Å². The van der Waals surface area contributed by atoms with Gasteiger partial charge in [0.25, 0.3) is 0 Å². The Bertz CT molecular complexity index is 1320. The van der Waals surface area contributed by atoms with Crippen molar-refractivity contribution in [3.63, 3.8) is 0 Å². The molecular formula is C29H27F2NO5. The Kier molecular flexibility index (Phi) is 7.23. The SMILES string of the molecule is COCC(=O)N1C(c2ccc(F)cc2)C(C(=O)c2cccc(C)c2)C(c2ccc(F)cc2)C1(C)C(=O)O. The van der Waals surface area contributed by atoms with Gasteiger partial charge < -0.3 is 14.7 Å². The van der Waals surface area contributed by atoms with Gasteiger partial charge in [0, 0.05) is 18.6 Å². The van der Waals surface area contributed by atoms with Crippen LogP contribution in [0.4, 0.5) is 8.78 Å². The van der Waals surface area contributed by atoms with Crippen LogP contribution in [-0.2, 0) is 14.3 Å². The number of methoxy groups -OCH3 is 1. The maximum atomic E-state index is 14.2. The third-order valence-corrected chi connectivity index (χ3v) is 7.10. The number of carbonyl (C=O) groups excluding carboxylic acids is 2. The highest BCUT2D eigenvalue weighted by atomic mass is 19.1. The van der Waals surface area contributed by atoms with E-state index in [9.17, 15) is 28.3 Å². The molecule has 3 aromatic carbocycles. The zero-order chi connectivity index (χ0) is 26.9. The lowest BCUT2D eigenvalue weighted by molar-refractivity contribution is -0.159. The van der Waals surface area contributed by atoms with Crippen LogP contribution in [0.3, 0.4) is 0 Å². The summed E-state index contributed by atoms with van der Waals surface area (Å²) in [7, 11) is 1.31. The molecule has 8 heteroatoms. The highest BCUT2D eigenvalue weighted by Gasteiger charge is 2.64. The fraction of sp³-hybridized carbons (Fsp3) is 0.276. The highest BCUT2D eigenvalue weighted by molar-refractivity contribution is 6.02. The van der Waals surface area contributed by atoms with Crippen molar-refractivity contribution < 1.29 is 33.0 Å². The minimum atomic E-state index is -1.92. The van der Waals surface area contributed by atoms with Crippen molar-refractivity contribution >= 4 is 17.7 Å². The van der Waals surface area contributed by atoms with Crippen LogP contribution >= 0.6 is 0 Å². The molecule has 1 heterocycles. The number of likely N-dealkylation sites (tertiary alicyclic amines) is 1. The molecule has 0 radical (unpaired) electrons. The van der Waals surface area contributed by atoms with Gasteiger partial charge in [-0.2, -0.15) is 0 Å². The van der Waals surface area contributed by atoms with Crippen LogP contribution in [0, 0.1) is 24.5 Å². The van der Waals surface area contributed by atoms with E-state index in [0.29, 0.717) is 16.7 Å². The minimum absolute atomic E-state index is 0.345. The summed E-state index contributed by atoms with van der Waals surface area (Å²) in [4.78, 5) is 41.9. The second-order valence-corrected chi connectivity index (χ2v) is 9.43. The van der Waals surface area contributed by atoms with Gasteiger partial charge in [-0.05, 0) is 55.3 Å².